The maximum Gasteiger partial charge on any atom is 0.334 e. The highest BCUT2D eigenvalue weighted by Gasteiger charge is 2.28. The fourth-order valence-electron chi connectivity index (χ4n) is 1.63. The van der Waals surface area contributed by atoms with E-state index in [0.29, 0.717) is 6.61 Å². The van der Waals surface area contributed by atoms with Crippen molar-refractivity contribution in [2.75, 3.05) is 6.61 Å². The van der Waals surface area contributed by atoms with Gasteiger partial charge < -0.3 is 4.74 Å². The normalized spacial score (nSPS) is 23.6. The minimum Gasteiger partial charge on any atom is -0.457 e. The number of esters is 1. The Labute approximate surface area is 65.5 Å². The van der Waals surface area contributed by atoms with Crippen LogP contribution in [0.1, 0.15) is 19.3 Å². The Kier molecular flexibility index (Phi) is 1.34. The van der Waals surface area contributed by atoms with Gasteiger partial charge in [0.2, 0.25) is 0 Å². The molecule has 0 radical (unpaired) electrons. The first-order valence-electron chi connectivity index (χ1n) is 3.86. The van der Waals surface area contributed by atoms with Crippen molar-refractivity contribution in [3.63, 3.8) is 0 Å². The molecule has 0 amide bonds. The van der Waals surface area contributed by atoms with Crippen LogP contribution in [0.4, 0.5) is 0 Å². The highest BCUT2D eigenvalue weighted by Crippen LogP contribution is 2.32. The van der Waals surface area contributed by atoms with Gasteiger partial charge in [-0.1, -0.05) is 6.58 Å². The number of carbonyl (C=O) groups is 1. The van der Waals surface area contributed by atoms with Gasteiger partial charge in [0.15, 0.2) is 0 Å². The number of hydrogen-bond acceptors (Lipinski definition) is 2. The van der Waals surface area contributed by atoms with Crippen LogP contribution in [-0.2, 0) is 9.53 Å². The molecule has 0 saturated heterocycles. The van der Waals surface area contributed by atoms with Gasteiger partial charge in [-0.3, -0.25) is 0 Å². The summed E-state index contributed by atoms with van der Waals surface area (Å²) < 4.78 is 4.90. The summed E-state index contributed by atoms with van der Waals surface area (Å²) in [4.78, 5) is 11.0. The molecular weight excluding hydrogens is 140 g/mol. The number of cyclic esters (lactones) is 1. The lowest BCUT2D eigenvalue weighted by Crippen LogP contribution is -2.03. The monoisotopic (exact) mass is 150 g/mol. The molecule has 0 unspecified atom stereocenters. The van der Waals surface area contributed by atoms with E-state index in [9.17, 15) is 4.79 Å². The van der Waals surface area contributed by atoms with Gasteiger partial charge in [-0.2, -0.15) is 0 Å². The molecule has 0 spiro atoms. The van der Waals surface area contributed by atoms with Gasteiger partial charge in [0.05, 0.1) is 0 Å². The van der Waals surface area contributed by atoms with Crippen LogP contribution in [0, 0.1) is 0 Å². The van der Waals surface area contributed by atoms with E-state index in [0.717, 1.165) is 36.0 Å². The maximum absolute atomic E-state index is 11.0. The van der Waals surface area contributed by atoms with Crippen LogP contribution in [0.2, 0.25) is 0 Å². The van der Waals surface area contributed by atoms with Gasteiger partial charge >= 0.3 is 5.97 Å². The largest absolute Gasteiger partial charge is 0.457 e. The van der Waals surface area contributed by atoms with Crippen LogP contribution < -0.4 is 0 Å². The van der Waals surface area contributed by atoms with Gasteiger partial charge in [0.25, 0.3) is 0 Å². The predicted octanol–water partition coefficient (Wildman–Crippen LogP) is 1.58. The van der Waals surface area contributed by atoms with Crippen LogP contribution in [0.15, 0.2) is 23.3 Å². The molecule has 58 valence electrons. The van der Waals surface area contributed by atoms with Crippen molar-refractivity contribution < 1.29 is 9.53 Å². The van der Waals surface area contributed by atoms with E-state index < -0.39 is 0 Å². The van der Waals surface area contributed by atoms with E-state index in [4.69, 9.17) is 4.74 Å². The van der Waals surface area contributed by atoms with Gasteiger partial charge in [-0.25, -0.2) is 4.79 Å². The Morgan fingerprint density at radius 3 is 2.82 bits per heavy atom. The quantitative estimate of drug-likeness (QED) is 0.490. The minimum absolute atomic E-state index is 0.124. The first-order valence-corrected chi connectivity index (χ1v) is 3.86. The Morgan fingerprint density at radius 1 is 1.27 bits per heavy atom. The summed E-state index contributed by atoms with van der Waals surface area (Å²) in [5, 5.41) is 0. The minimum atomic E-state index is -0.124. The molecule has 11 heavy (non-hydrogen) atoms. The summed E-state index contributed by atoms with van der Waals surface area (Å²) in [7, 11) is 0. The van der Waals surface area contributed by atoms with Gasteiger partial charge in [0.1, 0.15) is 6.61 Å². The van der Waals surface area contributed by atoms with E-state index in [1.165, 1.54) is 0 Å². The molecule has 2 nitrogen and oxygen atoms in total. The Balaban J connectivity index is 2.40. The van der Waals surface area contributed by atoms with E-state index in [1.54, 1.807) is 0 Å². The Morgan fingerprint density at radius 2 is 2.09 bits per heavy atom. The molecule has 0 atom stereocenters. The zero-order valence-electron chi connectivity index (χ0n) is 6.35. The van der Waals surface area contributed by atoms with Crippen molar-refractivity contribution in [3.05, 3.63) is 23.3 Å². The molecule has 2 aliphatic rings. The third-order valence-corrected chi connectivity index (χ3v) is 2.29. The second-order valence-electron chi connectivity index (χ2n) is 2.99. The van der Waals surface area contributed by atoms with Crippen LogP contribution >= 0.6 is 0 Å². The summed E-state index contributed by atoms with van der Waals surface area (Å²) >= 11 is 0. The zero-order chi connectivity index (χ0) is 7.84. The smallest absolute Gasteiger partial charge is 0.334 e. The van der Waals surface area contributed by atoms with Crippen LogP contribution in [0.3, 0.4) is 0 Å². The molecule has 1 aliphatic heterocycles. The number of ether oxygens (including phenoxy) is 1. The van der Waals surface area contributed by atoms with Crippen molar-refractivity contribution in [3.8, 4) is 0 Å². The van der Waals surface area contributed by atoms with E-state index >= 15 is 0 Å². The zero-order valence-corrected chi connectivity index (χ0v) is 6.35. The van der Waals surface area contributed by atoms with Crippen molar-refractivity contribution >= 4 is 5.97 Å². The average molecular weight is 150 g/mol. The summed E-state index contributed by atoms with van der Waals surface area (Å²) in [5.41, 5.74) is 3.04. The SMILES string of the molecule is C=C1CCCC2=C1COC2=O. The summed E-state index contributed by atoms with van der Waals surface area (Å²) in [6, 6.07) is 0. The van der Waals surface area contributed by atoms with Gasteiger partial charge in [0, 0.05) is 11.1 Å². The molecular formula is C9H10O2. The summed E-state index contributed by atoms with van der Waals surface area (Å²) in [5.74, 6) is -0.124. The fraction of sp³-hybridized carbons (Fsp3) is 0.444. The maximum atomic E-state index is 11.0. The Hall–Kier alpha value is -1.05. The van der Waals surface area contributed by atoms with E-state index in [2.05, 4.69) is 6.58 Å². The van der Waals surface area contributed by atoms with Crippen molar-refractivity contribution in [2.45, 2.75) is 19.3 Å². The van der Waals surface area contributed by atoms with E-state index in [-0.39, 0.29) is 5.97 Å². The van der Waals surface area contributed by atoms with Gasteiger partial charge in [-0.15, -0.1) is 0 Å². The molecule has 0 fully saturated rings. The molecule has 0 N–H and O–H groups in total. The van der Waals surface area contributed by atoms with Gasteiger partial charge in [-0.05, 0) is 24.8 Å². The molecule has 2 rings (SSSR count). The third-order valence-electron chi connectivity index (χ3n) is 2.29. The van der Waals surface area contributed by atoms with Crippen molar-refractivity contribution in [1.82, 2.24) is 0 Å². The van der Waals surface area contributed by atoms with Crippen molar-refractivity contribution in [2.24, 2.45) is 0 Å². The van der Waals surface area contributed by atoms with Crippen LogP contribution in [-0.4, -0.2) is 12.6 Å². The average Bonchev–Trinajstić information content (AvgIpc) is 2.35. The predicted molar refractivity (Wildman–Crippen MR) is 41.0 cm³/mol. The lowest BCUT2D eigenvalue weighted by molar-refractivity contribution is -0.136. The highest BCUT2D eigenvalue weighted by atomic mass is 16.5. The standard InChI is InChI=1S/C9H10O2/c1-6-3-2-4-7-8(6)5-11-9(7)10/h1-5H2. The molecule has 2 heteroatoms. The summed E-state index contributed by atoms with van der Waals surface area (Å²) in [6.45, 7) is 4.37. The number of carbonyl (C=O) groups excluding carboxylic acids is 1. The second-order valence-corrected chi connectivity index (χ2v) is 2.99. The molecule has 0 aromatic rings. The van der Waals surface area contributed by atoms with Crippen LogP contribution in [0.25, 0.3) is 0 Å². The first kappa shape index (κ1) is 6.65. The molecule has 1 aliphatic carbocycles. The molecule has 0 aromatic carbocycles. The molecule has 0 aromatic heterocycles. The lowest BCUT2D eigenvalue weighted by atomic mass is 9.90. The summed E-state index contributed by atoms with van der Waals surface area (Å²) in [6.07, 6.45) is 2.95. The number of hydrogen-bond donors (Lipinski definition) is 0. The fourth-order valence-corrected chi connectivity index (χ4v) is 1.63. The number of rotatable bonds is 0. The molecule has 0 saturated carbocycles. The van der Waals surface area contributed by atoms with Crippen LogP contribution in [0.5, 0.6) is 0 Å². The van der Waals surface area contributed by atoms with Crippen molar-refractivity contribution in [1.29, 1.82) is 0 Å². The molecule has 0 bridgehead atoms. The molecule has 1 heterocycles. The lowest BCUT2D eigenvalue weighted by Gasteiger charge is -2.12. The first-order chi connectivity index (χ1) is 5.29. The highest BCUT2D eigenvalue weighted by molar-refractivity contribution is 5.93. The third kappa shape index (κ3) is 0.897. The van der Waals surface area contributed by atoms with E-state index in [1.807, 2.05) is 0 Å². The Bertz CT molecular complexity index is 261. The topological polar surface area (TPSA) is 26.3 Å². The second kappa shape index (κ2) is 2.22.